The van der Waals surface area contributed by atoms with Crippen LogP contribution in [0.15, 0.2) is 24.3 Å². The van der Waals surface area contributed by atoms with Crippen molar-refractivity contribution in [1.82, 2.24) is 0 Å². The fourth-order valence-electron chi connectivity index (χ4n) is 3.47. The third kappa shape index (κ3) is 6.38. The van der Waals surface area contributed by atoms with Crippen LogP contribution >= 0.6 is 0 Å². The van der Waals surface area contributed by atoms with E-state index in [9.17, 15) is 14.4 Å². The smallest absolute Gasteiger partial charge is 0.311 e. The molecule has 0 spiro atoms. The number of para-hydroxylation sites is 1. The zero-order valence-electron chi connectivity index (χ0n) is 16.0. The number of unbranched alkanes of at least 4 members (excludes halogenated alkanes) is 4. The second kappa shape index (κ2) is 10.7. The van der Waals surface area contributed by atoms with Crippen LogP contribution in [-0.4, -0.2) is 36.1 Å². The maximum absolute atomic E-state index is 12.8. The van der Waals surface area contributed by atoms with Gasteiger partial charge < -0.3 is 14.7 Å². The molecule has 0 radical (unpaired) electrons. The first-order chi connectivity index (χ1) is 13.0. The van der Waals surface area contributed by atoms with Crippen LogP contribution in [0.2, 0.25) is 0 Å². The van der Waals surface area contributed by atoms with E-state index in [1.165, 1.54) is 0 Å². The number of carboxylic acids is 1. The number of anilines is 1. The van der Waals surface area contributed by atoms with Crippen molar-refractivity contribution in [2.75, 3.05) is 18.1 Å². The molecule has 0 unspecified atom stereocenters. The van der Waals surface area contributed by atoms with Gasteiger partial charge in [-0.3, -0.25) is 14.4 Å². The molecule has 1 heterocycles. The van der Waals surface area contributed by atoms with Crippen LogP contribution < -0.4 is 4.90 Å². The molecule has 0 saturated heterocycles. The number of benzene rings is 1. The highest BCUT2D eigenvalue weighted by atomic mass is 16.5. The zero-order valence-corrected chi connectivity index (χ0v) is 16.0. The third-order valence-electron chi connectivity index (χ3n) is 4.85. The van der Waals surface area contributed by atoms with Crippen LogP contribution in [0, 0.1) is 5.92 Å². The van der Waals surface area contributed by atoms with Crippen molar-refractivity contribution in [3.05, 3.63) is 29.8 Å². The Hall–Kier alpha value is -2.37. The number of hydrogen-bond donors (Lipinski definition) is 1. The van der Waals surface area contributed by atoms with E-state index in [-0.39, 0.29) is 24.2 Å². The monoisotopic (exact) mass is 375 g/mol. The van der Waals surface area contributed by atoms with Crippen LogP contribution in [-0.2, 0) is 25.5 Å². The molecule has 1 amide bonds. The summed E-state index contributed by atoms with van der Waals surface area (Å²) in [5.41, 5.74) is 1.90. The lowest BCUT2D eigenvalue weighted by molar-refractivity contribution is -0.147. The van der Waals surface area contributed by atoms with Crippen LogP contribution in [0.3, 0.4) is 0 Å². The Balaban J connectivity index is 1.88. The molecule has 0 fully saturated rings. The highest BCUT2D eigenvalue weighted by molar-refractivity contribution is 5.95. The van der Waals surface area contributed by atoms with Gasteiger partial charge in [0.1, 0.15) is 0 Å². The summed E-state index contributed by atoms with van der Waals surface area (Å²) in [6.45, 7) is 2.49. The lowest BCUT2D eigenvalue weighted by Crippen LogP contribution is -2.43. The summed E-state index contributed by atoms with van der Waals surface area (Å²) < 4.78 is 5.16. The first-order valence-corrected chi connectivity index (χ1v) is 9.79. The molecule has 0 saturated carbocycles. The number of amides is 1. The SMILES string of the molecule is CCOC(=O)[C@@H]1Cc2ccccc2N(C(=O)CCCCCCCC(=O)O)C1. The highest BCUT2D eigenvalue weighted by Gasteiger charge is 2.32. The molecule has 6 nitrogen and oxygen atoms in total. The van der Waals surface area contributed by atoms with Crippen molar-refractivity contribution in [1.29, 1.82) is 0 Å². The van der Waals surface area contributed by atoms with Crippen LogP contribution in [0.4, 0.5) is 5.69 Å². The number of nitrogens with zero attached hydrogens (tertiary/aromatic N) is 1. The molecule has 0 aromatic heterocycles. The van der Waals surface area contributed by atoms with Crippen molar-refractivity contribution in [3.63, 3.8) is 0 Å². The second-order valence-electron chi connectivity index (χ2n) is 6.95. The molecule has 2 rings (SSSR count). The topological polar surface area (TPSA) is 83.9 Å². The Morgan fingerprint density at radius 2 is 1.74 bits per heavy atom. The molecule has 1 N–H and O–H groups in total. The van der Waals surface area contributed by atoms with Gasteiger partial charge in [-0.1, -0.05) is 37.5 Å². The maximum Gasteiger partial charge on any atom is 0.311 e. The van der Waals surface area contributed by atoms with E-state index in [1.807, 2.05) is 24.3 Å². The average Bonchev–Trinajstić information content (AvgIpc) is 2.66. The first-order valence-electron chi connectivity index (χ1n) is 9.79. The van der Waals surface area contributed by atoms with Gasteiger partial charge in [-0.2, -0.15) is 0 Å². The average molecular weight is 375 g/mol. The van der Waals surface area contributed by atoms with Gasteiger partial charge >= 0.3 is 11.9 Å². The predicted molar refractivity (Wildman–Crippen MR) is 103 cm³/mol. The van der Waals surface area contributed by atoms with Gasteiger partial charge in [-0.15, -0.1) is 0 Å². The summed E-state index contributed by atoms with van der Waals surface area (Å²) >= 11 is 0. The number of aliphatic carboxylic acids is 1. The largest absolute Gasteiger partial charge is 0.481 e. The number of carbonyl (C=O) groups is 3. The summed E-state index contributed by atoms with van der Waals surface area (Å²) in [5, 5.41) is 8.62. The molecule has 0 bridgehead atoms. The van der Waals surface area contributed by atoms with Crippen molar-refractivity contribution < 1.29 is 24.2 Å². The number of carbonyl (C=O) groups excluding carboxylic acids is 2. The first kappa shape index (κ1) is 20.9. The Morgan fingerprint density at radius 3 is 2.44 bits per heavy atom. The quantitative estimate of drug-likeness (QED) is 0.499. The Bertz CT molecular complexity index is 658. The van der Waals surface area contributed by atoms with Crippen molar-refractivity contribution >= 4 is 23.5 Å². The lowest BCUT2D eigenvalue weighted by Gasteiger charge is -2.33. The van der Waals surface area contributed by atoms with Crippen molar-refractivity contribution in [2.24, 2.45) is 5.92 Å². The van der Waals surface area contributed by atoms with E-state index in [4.69, 9.17) is 9.84 Å². The summed E-state index contributed by atoms with van der Waals surface area (Å²) in [4.78, 5) is 37.2. The minimum absolute atomic E-state index is 0.0296. The van der Waals surface area contributed by atoms with Gasteiger partial charge in [0.2, 0.25) is 5.91 Å². The molecule has 1 atom stereocenters. The van der Waals surface area contributed by atoms with Gasteiger partial charge in [-0.05, 0) is 37.8 Å². The van der Waals surface area contributed by atoms with E-state index in [0.29, 0.717) is 32.4 Å². The summed E-state index contributed by atoms with van der Waals surface area (Å²) in [7, 11) is 0. The van der Waals surface area contributed by atoms with Crippen molar-refractivity contribution in [3.8, 4) is 0 Å². The van der Waals surface area contributed by atoms with E-state index < -0.39 is 5.97 Å². The standard InChI is InChI=1S/C21H29NO5/c1-2-27-21(26)17-14-16-10-8-9-11-18(16)22(15-17)19(23)12-6-4-3-5-7-13-20(24)25/h8-11,17H,2-7,12-15H2,1H3,(H,24,25)/t17-/m1/s1. The molecule has 6 heteroatoms. The Morgan fingerprint density at radius 1 is 1.07 bits per heavy atom. The number of hydrogen-bond acceptors (Lipinski definition) is 4. The van der Waals surface area contributed by atoms with Gasteiger partial charge in [0.15, 0.2) is 0 Å². The van der Waals surface area contributed by atoms with Gasteiger partial charge in [-0.25, -0.2) is 0 Å². The van der Waals surface area contributed by atoms with Crippen LogP contribution in [0.25, 0.3) is 0 Å². The summed E-state index contributed by atoms with van der Waals surface area (Å²) in [6, 6.07) is 7.72. The van der Waals surface area contributed by atoms with Gasteiger partial charge in [0.05, 0.1) is 12.5 Å². The lowest BCUT2D eigenvalue weighted by atomic mass is 9.92. The molecular formula is C21H29NO5. The normalized spacial score (nSPS) is 15.9. The van der Waals surface area contributed by atoms with E-state index in [0.717, 1.165) is 36.9 Å². The zero-order chi connectivity index (χ0) is 19.6. The van der Waals surface area contributed by atoms with Gasteiger partial charge in [0, 0.05) is 25.1 Å². The van der Waals surface area contributed by atoms with Crippen LogP contribution in [0.5, 0.6) is 0 Å². The molecule has 1 aliphatic heterocycles. The minimum Gasteiger partial charge on any atom is -0.481 e. The highest BCUT2D eigenvalue weighted by Crippen LogP contribution is 2.31. The fraction of sp³-hybridized carbons (Fsp3) is 0.571. The fourth-order valence-corrected chi connectivity index (χ4v) is 3.47. The van der Waals surface area contributed by atoms with Crippen LogP contribution in [0.1, 0.15) is 57.4 Å². The molecule has 0 aliphatic carbocycles. The summed E-state index contributed by atoms with van der Waals surface area (Å²) in [6.07, 6.45) is 5.41. The maximum atomic E-state index is 12.8. The minimum atomic E-state index is -0.759. The summed E-state index contributed by atoms with van der Waals surface area (Å²) in [5.74, 6) is -1.30. The molecule has 1 aliphatic rings. The van der Waals surface area contributed by atoms with Gasteiger partial charge in [0.25, 0.3) is 0 Å². The number of carboxylic acid groups (broad SMARTS) is 1. The van der Waals surface area contributed by atoms with Crippen molar-refractivity contribution in [2.45, 2.75) is 58.3 Å². The third-order valence-corrected chi connectivity index (χ3v) is 4.85. The Labute approximate surface area is 160 Å². The van der Waals surface area contributed by atoms with E-state index >= 15 is 0 Å². The molecule has 1 aromatic rings. The molecule has 27 heavy (non-hydrogen) atoms. The Kier molecular flexibility index (Phi) is 8.30. The van der Waals surface area contributed by atoms with E-state index in [2.05, 4.69) is 0 Å². The number of rotatable bonds is 10. The van der Waals surface area contributed by atoms with E-state index in [1.54, 1.807) is 11.8 Å². The molecule has 1 aromatic carbocycles. The predicted octanol–water partition coefficient (Wildman–Crippen LogP) is 3.57. The number of ether oxygens (including phenoxy) is 1. The second-order valence-corrected chi connectivity index (χ2v) is 6.95. The number of esters is 1. The number of fused-ring (bicyclic) bond motifs is 1. The molecule has 148 valence electrons. The molecular weight excluding hydrogens is 346 g/mol.